The van der Waals surface area contributed by atoms with E-state index in [1.54, 1.807) is 7.11 Å². The number of H-pyrrole nitrogens is 1. The summed E-state index contributed by atoms with van der Waals surface area (Å²) in [4.78, 5) is 3.41. The predicted octanol–water partition coefficient (Wildman–Crippen LogP) is 4.90. The molecule has 1 heterocycles. The number of methoxy groups -OCH3 is 1. The molecule has 0 aliphatic rings. The van der Waals surface area contributed by atoms with Gasteiger partial charge in [-0.25, -0.2) is 0 Å². The van der Waals surface area contributed by atoms with E-state index in [9.17, 15) is 5.11 Å². The van der Waals surface area contributed by atoms with Crippen molar-refractivity contribution in [2.24, 2.45) is 0 Å². The molecule has 4 nitrogen and oxygen atoms in total. The van der Waals surface area contributed by atoms with Gasteiger partial charge in [0.2, 0.25) is 0 Å². The van der Waals surface area contributed by atoms with Crippen molar-refractivity contribution in [2.75, 3.05) is 13.9 Å². The van der Waals surface area contributed by atoms with Crippen molar-refractivity contribution in [3.8, 4) is 16.9 Å². The molecule has 0 amide bonds. The van der Waals surface area contributed by atoms with Crippen LogP contribution in [0, 0.1) is 0 Å². The standard InChI is InChI=1S/C23H21NO3/c1-26-15-27-20-14-8-6-12-18(20)23(25)22-21(16-9-3-2-4-10-16)17-11-5-7-13-19(17)24-22/h2-14,23-25H,15H2,1H3. The quantitative estimate of drug-likeness (QED) is 0.482. The van der Waals surface area contributed by atoms with E-state index >= 15 is 0 Å². The zero-order valence-electron chi connectivity index (χ0n) is 15.1. The summed E-state index contributed by atoms with van der Waals surface area (Å²) in [5, 5.41) is 12.3. The molecular formula is C23H21NO3. The second kappa shape index (κ2) is 7.66. The summed E-state index contributed by atoms with van der Waals surface area (Å²) in [5.74, 6) is 0.601. The maximum atomic E-state index is 11.3. The molecule has 136 valence electrons. The number of benzene rings is 3. The third-order valence-corrected chi connectivity index (χ3v) is 4.62. The molecule has 0 radical (unpaired) electrons. The molecule has 4 rings (SSSR count). The first-order chi connectivity index (χ1) is 13.3. The van der Waals surface area contributed by atoms with E-state index in [-0.39, 0.29) is 6.79 Å². The number of aliphatic hydroxyl groups is 1. The number of para-hydroxylation sites is 2. The number of aromatic amines is 1. The zero-order chi connectivity index (χ0) is 18.6. The van der Waals surface area contributed by atoms with Crippen molar-refractivity contribution in [3.63, 3.8) is 0 Å². The predicted molar refractivity (Wildman–Crippen MR) is 107 cm³/mol. The molecule has 2 N–H and O–H groups in total. The van der Waals surface area contributed by atoms with Gasteiger partial charge in [-0.3, -0.25) is 0 Å². The van der Waals surface area contributed by atoms with E-state index in [1.165, 1.54) is 0 Å². The minimum atomic E-state index is -0.860. The molecule has 1 aromatic heterocycles. The number of fused-ring (bicyclic) bond motifs is 1. The summed E-state index contributed by atoms with van der Waals surface area (Å²) >= 11 is 0. The molecular weight excluding hydrogens is 338 g/mol. The van der Waals surface area contributed by atoms with Gasteiger partial charge in [0.1, 0.15) is 11.9 Å². The Bertz CT molecular complexity index is 1040. The lowest BCUT2D eigenvalue weighted by atomic mass is 9.96. The van der Waals surface area contributed by atoms with E-state index < -0.39 is 6.10 Å². The van der Waals surface area contributed by atoms with E-state index in [2.05, 4.69) is 23.2 Å². The van der Waals surface area contributed by atoms with Crippen molar-refractivity contribution < 1.29 is 14.6 Å². The van der Waals surface area contributed by atoms with Gasteiger partial charge in [-0.2, -0.15) is 0 Å². The van der Waals surface area contributed by atoms with Gasteiger partial charge in [0.15, 0.2) is 6.79 Å². The van der Waals surface area contributed by atoms with Gasteiger partial charge in [0, 0.05) is 29.1 Å². The summed E-state index contributed by atoms with van der Waals surface area (Å²) in [7, 11) is 1.57. The van der Waals surface area contributed by atoms with Gasteiger partial charge in [-0.15, -0.1) is 0 Å². The van der Waals surface area contributed by atoms with E-state index in [4.69, 9.17) is 9.47 Å². The smallest absolute Gasteiger partial charge is 0.188 e. The summed E-state index contributed by atoms with van der Waals surface area (Å²) in [6.45, 7) is 0.127. The highest BCUT2D eigenvalue weighted by molar-refractivity contribution is 5.97. The van der Waals surface area contributed by atoms with Crippen LogP contribution >= 0.6 is 0 Å². The molecule has 4 aromatic rings. The molecule has 1 atom stereocenters. The van der Waals surface area contributed by atoms with Crippen LogP contribution in [0.3, 0.4) is 0 Å². The molecule has 0 aliphatic carbocycles. The number of hydrogen-bond acceptors (Lipinski definition) is 3. The Morgan fingerprint density at radius 3 is 2.41 bits per heavy atom. The topological polar surface area (TPSA) is 54.5 Å². The number of aromatic nitrogens is 1. The molecule has 3 aromatic carbocycles. The maximum Gasteiger partial charge on any atom is 0.188 e. The minimum absolute atomic E-state index is 0.127. The number of hydrogen-bond donors (Lipinski definition) is 2. The lowest BCUT2D eigenvalue weighted by molar-refractivity contribution is 0.0487. The third kappa shape index (κ3) is 3.33. The second-order valence-electron chi connectivity index (χ2n) is 6.32. The minimum Gasteiger partial charge on any atom is -0.467 e. The number of nitrogens with one attached hydrogen (secondary N) is 1. The highest BCUT2D eigenvalue weighted by Gasteiger charge is 2.23. The monoisotopic (exact) mass is 359 g/mol. The molecule has 0 saturated carbocycles. The first kappa shape index (κ1) is 17.3. The van der Waals surface area contributed by atoms with Gasteiger partial charge in [0.05, 0.1) is 5.69 Å². The Morgan fingerprint density at radius 2 is 1.59 bits per heavy atom. The van der Waals surface area contributed by atoms with E-state index in [0.29, 0.717) is 11.3 Å². The van der Waals surface area contributed by atoms with Crippen molar-refractivity contribution in [2.45, 2.75) is 6.10 Å². The van der Waals surface area contributed by atoms with Crippen LogP contribution in [0.1, 0.15) is 17.4 Å². The van der Waals surface area contributed by atoms with Gasteiger partial charge in [-0.1, -0.05) is 66.7 Å². The van der Waals surface area contributed by atoms with Crippen molar-refractivity contribution in [1.29, 1.82) is 0 Å². The van der Waals surface area contributed by atoms with E-state index in [0.717, 1.165) is 27.7 Å². The maximum absolute atomic E-state index is 11.3. The fraction of sp³-hybridized carbons (Fsp3) is 0.130. The van der Waals surface area contributed by atoms with Crippen LogP contribution in [-0.2, 0) is 4.74 Å². The Labute approximate surface area is 158 Å². The van der Waals surface area contributed by atoms with Crippen LogP contribution in [0.5, 0.6) is 5.75 Å². The Hall–Kier alpha value is -3.08. The molecule has 4 heteroatoms. The van der Waals surface area contributed by atoms with Gasteiger partial charge in [-0.05, 0) is 17.7 Å². The first-order valence-corrected chi connectivity index (χ1v) is 8.84. The van der Waals surface area contributed by atoms with Crippen LogP contribution in [-0.4, -0.2) is 24.0 Å². The molecule has 27 heavy (non-hydrogen) atoms. The molecule has 0 saturated heterocycles. The van der Waals surface area contributed by atoms with Crippen LogP contribution in [0.2, 0.25) is 0 Å². The zero-order valence-corrected chi connectivity index (χ0v) is 15.1. The Kier molecular flexibility index (Phi) is 4.92. The number of aliphatic hydroxyl groups excluding tert-OH is 1. The average Bonchev–Trinajstić information content (AvgIpc) is 3.12. The molecule has 0 spiro atoms. The molecule has 1 unspecified atom stereocenters. The van der Waals surface area contributed by atoms with Crippen molar-refractivity contribution in [3.05, 3.63) is 90.1 Å². The largest absolute Gasteiger partial charge is 0.467 e. The van der Waals surface area contributed by atoms with E-state index in [1.807, 2.05) is 60.7 Å². The van der Waals surface area contributed by atoms with Crippen molar-refractivity contribution >= 4 is 10.9 Å². The summed E-state index contributed by atoms with van der Waals surface area (Å²) in [6.07, 6.45) is -0.860. The fourth-order valence-electron chi connectivity index (χ4n) is 3.40. The normalized spacial score (nSPS) is 12.2. The number of rotatable bonds is 6. The molecule has 0 fully saturated rings. The highest BCUT2D eigenvalue weighted by atomic mass is 16.7. The molecule has 0 bridgehead atoms. The van der Waals surface area contributed by atoms with Crippen LogP contribution < -0.4 is 4.74 Å². The SMILES string of the molecule is COCOc1ccccc1C(O)c1[nH]c2ccccc2c1-c1ccccc1. The average molecular weight is 359 g/mol. The summed E-state index contributed by atoms with van der Waals surface area (Å²) in [6, 6.07) is 25.7. The van der Waals surface area contributed by atoms with Crippen molar-refractivity contribution in [1.82, 2.24) is 4.98 Å². The number of ether oxygens (including phenoxy) is 2. The van der Waals surface area contributed by atoms with Gasteiger partial charge >= 0.3 is 0 Å². The highest BCUT2D eigenvalue weighted by Crippen LogP contribution is 2.39. The Balaban J connectivity index is 1.87. The Morgan fingerprint density at radius 1 is 0.889 bits per heavy atom. The first-order valence-electron chi connectivity index (χ1n) is 8.84. The van der Waals surface area contributed by atoms with Crippen LogP contribution in [0.25, 0.3) is 22.0 Å². The lowest BCUT2D eigenvalue weighted by Gasteiger charge is -2.17. The third-order valence-electron chi connectivity index (χ3n) is 4.62. The second-order valence-corrected chi connectivity index (χ2v) is 6.32. The van der Waals surface area contributed by atoms with Crippen LogP contribution in [0.15, 0.2) is 78.9 Å². The fourth-order valence-corrected chi connectivity index (χ4v) is 3.40. The lowest BCUT2D eigenvalue weighted by Crippen LogP contribution is -2.07. The van der Waals surface area contributed by atoms with Crippen LogP contribution in [0.4, 0.5) is 0 Å². The molecule has 0 aliphatic heterocycles. The summed E-state index contributed by atoms with van der Waals surface area (Å²) in [5.41, 5.74) is 4.48. The summed E-state index contributed by atoms with van der Waals surface area (Å²) < 4.78 is 10.7. The van der Waals surface area contributed by atoms with Gasteiger partial charge in [0.25, 0.3) is 0 Å². The van der Waals surface area contributed by atoms with Gasteiger partial charge < -0.3 is 19.6 Å².